The molecule has 0 saturated heterocycles. The van der Waals surface area contributed by atoms with Crippen molar-refractivity contribution in [3.05, 3.63) is 16.2 Å². The molecule has 0 radical (unpaired) electrons. The zero-order chi connectivity index (χ0) is 15.0. The van der Waals surface area contributed by atoms with E-state index in [1.54, 1.807) is 0 Å². The van der Waals surface area contributed by atoms with Crippen LogP contribution in [0.15, 0.2) is 10.3 Å². The van der Waals surface area contributed by atoms with Crippen molar-refractivity contribution in [3.8, 4) is 0 Å². The van der Waals surface area contributed by atoms with Crippen molar-refractivity contribution in [1.29, 1.82) is 0 Å². The van der Waals surface area contributed by atoms with Gasteiger partial charge in [-0.1, -0.05) is 18.3 Å². The smallest absolute Gasteiger partial charge is 0.304 e. The second-order valence-corrected chi connectivity index (χ2v) is 8.01. The molecule has 2 rings (SSSR count). The van der Waals surface area contributed by atoms with Gasteiger partial charge in [-0.3, -0.25) is 10.1 Å². The first-order chi connectivity index (χ1) is 9.33. The molecule has 1 aliphatic rings. The maximum absolute atomic E-state index is 12.2. The molecule has 7 nitrogen and oxygen atoms in total. The minimum absolute atomic E-state index is 0.0274. The second kappa shape index (κ2) is 5.30. The lowest BCUT2D eigenvalue weighted by Gasteiger charge is -2.12. The van der Waals surface area contributed by atoms with Crippen LogP contribution in [0.3, 0.4) is 0 Å². The quantitative estimate of drug-likeness (QED) is 0.592. The summed E-state index contributed by atoms with van der Waals surface area (Å²) >= 11 is 0.870. The van der Waals surface area contributed by atoms with Gasteiger partial charge in [0.15, 0.2) is 5.00 Å². The summed E-state index contributed by atoms with van der Waals surface area (Å²) in [6.07, 6.45) is 2.98. The minimum atomic E-state index is -3.68. The van der Waals surface area contributed by atoms with Crippen LogP contribution < -0.4 is 10.0 Å². The molecule has 1 aliphatic carbocycles. The van der Waals surface area contributed by atoms with E-state index in [2.05, 4.69) is 10.0 Å². The normalized spacial score (nSPS) is 16.9. The van der Waals surface area contributed by atoms with E-state index in [-0.39, 0.29) is 20.3 Å². The van der Waals surface area contributed by atoms with Crippen LogP contribution in [0.5, 0.6) is 0 Å². The molecule has 1 heterocycles. The first kappa shape index (κ1) is 15.2. The lowest BCUT2D eigenvalue weighted by molar-refractivity contribution is -0.383. The Hall–Kier alpha value is -1.19. The molecule has 0 aliphatic heterocycles. The minimum Gasteiger partial charge on any atom is -0.374 e. The van der Waals surface area contributed by atoms with Gasteiger partial charge < -0.3 is 5.32 Å². The van der Waals surface area contributed by atoms with Crippen molar-refractivity contribution in [2.45, 2.75) is 30.4 Å². The van der Waals surface area contributed by atoms with E-state index in [1.165, 1.54) is 7.05 Å². The number of nitrogens with zero attached hydrogens (tertiary/aromatic N) is 1. The van der Waals surface area contributed by atoms with Gasteiger partial charge in [0, 0.05) is 19.7 Å². The third-order valence-corrected chi connectivity index (χ3v) is 6.74. The maximum Gasteiger partial charge on any atom is 0.304 e. The Morgan fingerprint density at radius 2 is 2.15 bits per heavy atom. The number of hydrogen-bond acceptors (Lipinski definition) is 6. The largest absolute Gasteiger partial charge is 0.374 e. The summed E-state index contributed by atoms with van der Waals surface area (Å²) in [5.74, 6) is 0. The van der Waals surface area contributed by atoms with Crippen molar-refractivity contribution >= 4 is 32.0 Å². The van der Waals surface area contributed by atoms with Crippen molar-refractivity contribution in [2.75, 3.05) is 18.9 Å². The number of nitro groups is 1. The van der Waals surface area contributed by atoms with Gasteiger partial charge in [-0.2, -0.15) is 0 Å². The molecule has 0 amide bonds. The molecular formula is C11H17N3O4S2. The summed E-state index contributed by atoms with van der Waals surface area (Å²) in [6.45, 7) is 2.43. The summed E-state index contributed by atoms with van der Waals surface area (Å²) in [4.78, 5) is 10.3. The van der Waals surface area contributed by atoms with Crippen LogP contribution in [0, 0.1) is 15.5 Å². The molecule has 2 N–H and O–H groups in total. The number of sulfonamides is 1. The first-order valence-electron chi connectivity index (χ1n) is 6.29. The number of hydrogen-bond donors (Lipinski definition) is 2. The lowest BCUT2D eigenvalue weighted by atomic mass is 10.1. The zero-order valence-corrected chi connectivity index (χ0v) is 12.9. The molecule has 0 unspecified atom stereocenters. The number of rotatable bonds is 7. The van der Waals surface area contributed by atoms with Gasteiger partial charge in [-0.05, 0) is 24.7 Å². The second-order valence-electron chi connectivity index (χ2n) is 4.97. The van der Waals surface area contributed by atoms with Gasteiger partial charge >= 0.3 is 5.69 Å². The van der Waals surface area contributed by atoms with E-state index in [0.717, 1.165) is 36.7 Å². The van der Waals surface area contributed by atoms with Crippen LogP contribution in [0.1, 0.15) is 26.2 Å². The molecule has 0 aromatic carbocycles. The summed E-state index contributed by atoms with van der Waals surface area (Å²) in [5.41, 5.74) is -0.128. The SMILES string of the molecule is CCC1(CNS(=O)(=O)c2cc([N+](=O)[O-])c(NC)s2)CC1. The van der Waals surface area contributed by atoms with Gasteiger partial charge in [0.05, 0.1) is 4.92 Å². The first-order valence-corrected chi connectivity index (χ1v) is 8.59. The molecule has 0 bridgehead atoms. The average Bonchev–Trinajstić information content (AvgIpc) is 3.05. The van der Waals surface area contributed by atoms with Crippen LogP contribution in [0.4, 0.5) is 10.7 Å². The predicted molar refractivity (Wildman–Crippen MR) is 77.7 cm³/mol. The predicted octanol–water partition coefficient (Wildman–Crippen LogP) is 2.17. The molecule has 1 aromatic rings. The fraction of sp³-hybridized carbons (Fsp3) is 0.636. The summed E-state index contributed by atoms with van der Waals surface area (Å²) in [7, 11) is -2.16. The molecule has 20 heavy (non-hydrogen) atoms. The highest BCUT2D eigenvalue weighted by Crippen LogP contribution is 2.48. The van der Waals surface area contributed by atoms with Crippen LogP contribution in [-0.2, 0) is 10.0 Å². The Balaban J connectivity index is 2.19. The molecule has 0 spiro atoms. The average molecular weight is 319 g/mol. The molecule has 1 saturated carbocycles. The van der Waals surface area contributed by atoms with Crippen molar-refractivity contribution in [2.24, 2.45) is 5.41 Å². The topological polar surface area (TPSA) is 101 Å². The summed E-state index contributed by atoms with van der Waals surface area (Å²) in [5, 5.41) is 13.7. The molecular weight excluding hydrogens is 302 g/mol. The van der Waals surface area contributed by atoms with E-state index >= 15 is 0 Å². The van der Waals surface area contributed by atoms with Gasteiger partial charge in [0.25, 0.3) is 0 Å². The summed E-state index contributed by atoms with van der Waals surface area (Å²) in [6, 6.07) is 1.10. The fourth-order valence-corrected chi connectivity index (χ4v) is 4.44. The molecule has 1 aromatic heterocycles. The number of nitrogens with one attached hydrogen (secondary N) is 2. The van der Waals surface area contributed by atoms with Crippen molar-refractivity contribution in [1.82, 2.24) is 4.72 Å². The Morgan fingerprint density at radius 3 is 2.55 bits per heavy atom. The monoisotopic (exact) mass is 319 g/mol. The Kier molecular flexibility index (Phi) is 4.03. The van der Waals surface area contributed by atoms with Crippen LogP contribution in [0.2, 0.25) is 0 Å². The fourth-order valence-electron chi connectivity index (χ4n) is 1.96. The molecule has 0 atom stereocenters. The van der Waals surface area contributed by atoms with E-state index in [0.29, 0.717) is 6.54 Å². The number of thiophene rings is 1. The van der Waals surface area contributed by atoms with Crippen molar-refractivity contribution < 1.29 is 13.3 Å². The Bertz CT molecular complexity index is 620. The highest BCUT2D eigenvalue weighted by atomic mass is 32.2. The summed E-state index contributed by atoms with van der Waals surface area (Å²) < 4.78 is 26.9. The zero-order valence-electron chi connectivity index (χ0n) is 11.3. The number of anilines is 1. The standard InChI is InChI=1S/C11H17N3O4S2/c1-3-11(4-5-11)7-13-20(17,18)9-6-8(14(15)16)10(12-2)19-9/h6,12-13H,3-5,7H2,1-2H3. The third-order valence-electron chi connectivity index (χ3n) is 3.72. The van der Waals surface area contributed by atoms with Gasteiger partial charge in [-0.25, -0.2) is 13.1 Å². The maximum atomic E-state index is 12.2. The van der Waals surface area contributed by atoms with E-state index in [1.807, 2.05) is 6.92 Å². The van der Waals surface area contributed by atoms with E-state index < -0.39 is 14.9 Å². The van der Waals surface area contributed by atoms with Crippen LogP contribution in [-0.4, -0.2) is 26.9 Å². The Morgan fingerprint density at radius 1 is 1.50 bits per heavy atom. The molecule has 112 valence electrons. The van der Waals surface area contributed by atoms with Crippen LogP contribution >= 0.6 is 11.3 Å². The van der Waals surface area contributed by atoms with Gasteiger partial charge in [0.2, 0.25) is 10.0 Å². The highest BCUT2D eigenvalue weighted by molar-refractivity contribution is 7.91. The third kappa shape index (κ3) is 2.94. The molecule has 1 fully saturated rings. The van der Waals surface area contributed by atoms with E-state index in [4.69, 9.17) is 0 Å². The van der Waals surface area contributed by atoms with E-state index in [9.17, 15) is 18.5 Å². The lowest BCUT2D eigenvalue weighted by Crippen LogP contribution is -2.29. The highest BCUT2D eigenvalue weighted by Gasteiger charge is 2.41. The molecule has 9 heteroatoms. The Labute approximate surface area is 121 Å². The van der Waals surface area contributed by atoms with Crippen LogP contribution in [0.25, 0.3) is 0 Å². The van der Waals surface area contributed by atoms with Crippen molar-refractivity contribution in [3.63, 3.8) is 0 Å². The van der Waals surface area contributed by atoms with Gasteiger partial charge in [-0.15, -0.1) is 0 Å². The van der Waals surface area contributed by atoms with Gasteiger partial charge in [0.1, 0.15) is 4.21 Å².